The highest BCUT2D eigenvalue weighted by atomic mass is 35.5. The first-order chi connectivity index (χ1) is 8.65. The van der Waals surface area contributed by atoms with E-state index in [2.05, 4.69) is 10.3 Å². The summed E-state index contributed by atoms with van der Waals surface area (Å²) < 4.78 is 13.0. The zero-order valence-electron chi connectivity index (χ0n) is 9.48. The standard InChI is InChI=1S/C13H12ClFN2O/c14-10-4-5-13(16-7-10)17-8-12(18)9-2-1-3-11(15)6-9/h1-7,12,18H,8H2,(H,16,17). The molecule has 0 radical (unpaired) electrons. The number of aliphatic hydroxyl groups excluding tert-OH is 1. The average molecular weight is 267 g/mol. The summed E-state index contributed by atoms with van der Waals surface area (Å²) in [6.07, 6.45) is 0.719. The summed E-state index contributed by atoms with van der Waals surface area (Å²) in [6, 6.07) is 9.29. The van der Waals surface area contributed by atoms with Crippen molar-refractivity contribution in [3.8, 4) is 0 Å². The normalized spacial score (nSPS) is 12.2. The van der Waals surface area contributed by atoms with Crippen LogP contribution < -0.4 is 5.32 Å². The van der Waals surface area contributed by atoms with Gasteiger partial charge in [0.2, 0.25) is 0 Å². The largest absolute Gasteiger partial charge is 0.387 e. The molecule has 0 aliphatic rings. The van der Waals surface area contributed by atoms with E-state index in [1.54, 1.807) is 24.3 Å². The third-order valence-electron chi connectivity index (χ3n) is 2.44. The molecular formula is C13H12ClFN2O. The summed E-state index contributed by atoms with van der Waals surface area (Å²) in [7, 11) is 0. The van der Waals surface area contributed by atoms with Gasteiger partial charge in [-0.15, -0.1) is 0 Å². The fourth-order valence-electron chi connectivity index (χ4n) is 1.51. The highest BCUT2D eigenvalue weighted by Crippen LogP contribution is 2.15. The molecule has 1 heterocycles. The SMILES string of the molecule is OC(CNc1ccc(Cl)cn1)c1cccc(F)c1. The maximum Gasteiger partial charge on any atom is 0.126 e. The number of nitrogens with one attached hydrogen (secondary N) is 1. The second kappa shape index (κ2) is 5.80. The first-order valence-electron chi connectivity index (χ1n) is 5.44. The number of aliphatic hydroxyl groups is 1. The molecule has 1 unspecified atom stereocenters. The van der Waals surface area contributed by atoms with Crippen molar-refractivity contribution in [2.45, 2.75) is 6.10 Å². The zero-order chi connectivity index (χ0) is 13.0. The van der Waals surface area contributed by atoms with Crippen molar-refractivity contribution in [2.24, 2.45) is 0 Å². The van der Waals surface area contributed by atoms with E-state index in [0.29, 0.717) is 16.4 Å². The molecule has 18 heavy (non-hydrogen) atoms. The molecule has 0 bridgehead atoms. The number of nitrogens with zero attached hydrogens (tertiary/aromatic N) is 1. The molecule has 0 aliphatic carbocycles. The maximum atomic E-state index is 13.0. The molecule has 1 aromatic carbocycles. The maximum absolute atomic E-state index is 13.0. The van der Waals surface area contributed by atoms with Crippen LogP contribution in [0.5, 0.6) is 0 Å². The minimum absolute atomic E-state index is 0.248. The fourth-order valence-corrected chi connectivity index (χ4v) is 1.63. The minimum Gasteiger partial charge on any atom is -0.387 e. The van der Waals surface area contributed by atoms with Gasteiger partial charge in [0.1, 0.15) is 11.6 Å². The molecule has 2 rings (SSSR count). The molecule has 0 aliphatic heterocycles. The molecule has 94 valence electrons. The van der Waals surface area contributed by atoms with Crippen LogP contribution in [0.15, 0.2) is 42.6 Å². The average Bonchev–Trinajstić information content (AvgIpc) is 2.38. The van der Waals surface area contributed by atoms with E-state index in [-0.39, 0.29) is 12.4 Å². The number of hydrogen-bond donors (Lipinski definition) is 2. The topological polar surface area (TPSA) is 45.1 Å². The summed E-state index contributed by atoms with van der Waals surface area (Å²) in [6.45, 7) is 0.248. The Hall–Kier alpha value is -1.65. The highest BCUT2D eigenvalue weighted by molar-refractivity contribution is 6.30. The molecule has 1 atom stereocenters. The van der Waals surface area contributed by atoms with Crippen molar-refractivity contribution in [1.29, 1.82) is 0 Å². The summed E-state index contributed by atoms with van der Waals surface area (Å²) in [5, 5.41) is 13.4. The van der Waals surface area contributed by atoms with Crippen LogP contribution in [0, 0.1) is 5.82 Å². The van der Waals surface area contributed by atoms with Gasteiger partial charge >= 0.3 is 0 Å². The predicted molar refractivity (Wildman–Crippen MR) is 69.1 cm³/mol. The van der Waals surface area contributed by atoms with Crippen molar-refractivity contribution >= 4 is 17.4 Å². The van der Waals surface area contributed by atoms with Crippen LogP contribution in [0.1, 0.15) is 11.7 Å². The van der Waals surface area contributed by atoms with Gasteiger partial charge in [-0.1, -0.05) is 23.7 Å². The van der Waals surface area contributed by atoms with Crippen molar-refractivity contribution in [3.05, 3.63) is 59.0 Å². The number of rotatable bonds is 4. The predicted octanol–water partition coefficient (Wildman–Crippen LogP) is 3.02. The van der Waals surface area contributed by atoms with E-state index < -0.39 is 6.10 Å². The number of pyridine rings is 1. The lowest BCUT2D eigenvalue weighted by Gasteiger charge is -2.12. The zero-order valence-corrected chi connectivity index (χ0v) is 10.2. The van der Waals surface area contributed by atoms with E-state index in [0.717, 1.165) is 0 Å². The van der Waals surface area contributed by atoms with Crippen LogP contribution in [0.3, 0.4) is 0 Å². The highest BCUT2D eigenvalue weighted by Gasteiger charge is 2.08. The molecule has 0 amide bonds. The molecule has 0 spiro atoms. The van der Waals surface area contributed by atoms with Gasteiger partial charge in [0.05, 0.1) is 11.1 Å². The van der Waals surface area contributed by atoms with Crippen molar-refractivity contribution in [1.82, 2.24) is 4.98 Å². The molecule has 5 heteroatoms. The third kappa shape index (κ3) is 3.42. The van der Waals surface area contributed by atoms with Crippen molar-refractivity contribution in [3.63, 3.8) is 0 Å². The van der Waals surface area contributed by atoms with E-state index >= 15 is 0 Å². The Bertz CT molecular complexity index is 519. The Labute approximate surface area is 109 Å². The van der Waals surface area contributed by atoms with Gasteiger partial charge in [-0.25, -0.2) is 9.37 Å². The summed E-state index contributed by atoms with van der Waals surface area (Å²) in [5.74, 6) is 0.242. The molecule has 1 aromatic heterocycles. The molecular weight excluding hydrogens is 255 g/mol. The van der Waals surface area contributed by atoms with Crippen LogP contribution >= 0.6 is 11.6 Å². The molecule has 2 N–H and O–H groups in total. The van der Waals surface area contributed by atoms with Crippen LogP contribution in [0.4, 0.5) is 10.2 Å². The van der Waals surface area contributed by atoms with Crippen LogP contribution in [0.2, 0.25) is 5.02 Å². The Morgan fingerprint density at radius 3 is 2.83 bits per heavy atom. The van der Waals surface area contributed by atoms with Crippen LogP contribution in [-0.4, -0.2) is 16.6 Å². The Morgan fingerprint density at radius 2 is 2.17 bits per heavy atom. The number of benzene rings is 1. The quantitative estimate of drug-likeness (QED) is 0.894. The summed E-state index contributed by atoms with van der Waals surface area (Å²) in [4.78, 5) is 4.03. The molecule has 0 saturated carbocycles. The first-order valence-corrected chi connectivity index (χ1v) is 5.82. The second-order valence-electron chi connectivity index (χ2n) is 3.81. The van der Waals surface area contributed by atoms with Crippen molar-refractivity contribution < 1.29 is 9.50 Å². The van der Waals surface area contributed by atoms with Crippen LogP contribution in [0.25, 0.3) is 0 Å². The molecule has 0 saturated heterocycles. The minimum atomic E-state index is -0.793. The summed E-state index contributed by atoms with van der Waals surface area (Å²) in [5.41, 5.74) is 0.525. The van der Waals surface area contributed by atoms with Gasteiger partial charge in [-0.05, 0) is 29.8 Å². The van der Waals surface area contributed by atoms with Crippen molar-refractivity contribution in [2.75, 3.05) is 11.9 Å². The summed E-state index contributed by atoms with van der Waals surface area (Å²) >= 11 is 5.71. The lowest BCUT2D eigenvalue weighted by molar-refractivity contribution is 0.191. The van der Waals surface area contributed by atoms with Crippen LogP contribution in [-0.2, 0) is 0 Å². The molecule has 2 aromatic rings. The Balaban J connectivity index is 1.96. The van der Waals surface area contributed by atoms with Gasteiger partial charge in [0.25, 0.3) is 0 Å². The Kier molecular flexibility index (Phi) is 4.12. The molecule has 3 nitrogen and oxygen atoms in total. The van der Waals surface area contributed by atoms with E-state index in [1.165, 1.54) is 18.3 Å². The lowest BCUT2D eigenvalue weighted by Crippen LogP contribution is -2.12. The number of halogens is 2. The first kappa shape index (κ1) is 12.8. The number of aromatic nitrogens is 1. The van der Waals surface area contributed by atoms with E-state index in [1.807, 2.05) is 0 Å². The lowest BCUT2D eigenvalue weighted by atomic mass is 10.1. The van der Waals surface area contributed by atoms with Gasteiger partial charge < -0.3 is 10.4 Å². The fraction of sp³-hybridized carbons (Fsp3) is 0.154. The van der Waals surface area contributed by atoms with E-state index in [4.69, 9.17) is 11.6 Å². The van der Waals surface area contributed by atoms with Gasteiger partial charge in [0.15, 0.2) is 0 Å². The second-order valence-corrected chi connectivity index (χ2v) is 4.25. The number of anilines is 1. The monoisotopic (exact) mass is 266 g/mol. The molecule has 0 fully saturated rings. The third-order valence-corrected chi connectivity index (χ3v) is 2.66. The smallest absolute Gasteiger partial charge is 0.126 e. The van der Waals surface area contributed by atoms with E-state index in [9.17, 15) is 9.50 Å². The Morgan fingerprint density at radius 1 is 1.33 bits per heavy atom. The number of hydrogen-bond acceptors (Lipinski definition) is 3. The van der Waals surface area contributed by atoms with Gasteiger partial charge in [-0.2, -0.15) is 0 Å². The van der Waals surface area contributed by atoms with Gasteiger partial charge in [-0.3, -0.25) is 0 Å². The van der Waals surface area contributed by atoms with Gasteiger partial charge in [0, 0.05) is 12.7 Å².